The number of aliphatic hydroxyl groups excluding tert-OH is 2. The van der Waals surface area contributed by atoms with Gasteiger partial charge in [-0.2, -0.15) is 0 Å². The molecule has 0 aromatic rings. The monoisotopic (exact) mass is 148 g/mol. The van der Waals surface area contributed by atoms with Crippen LogP contribution in [0.5, 0.6) is 0 Å². The highest BCUT2D eigenvalue weighted by atomic mass is 16.3. The molecular weight excluding hydrogens is 128 g/mol. The van der Waals surface area contributed by atoms with Gasteiger partial charge in [-0.05, 0) is 12.3 Å². The Labute approximate surface area is 63.9 Å². The molecule has 0 heterocycles. The Morgan fingerprint density at radius 1 is 1.20 bits per heavy atom. The molecule has 1 atom stereocenters. The minimum Gasteiger partial charge on any atom is -0.400 e. The van der Waals surface area contributed by atoms with E-state index in [0.717, 1.165) is 13.5 Å². The molecule has 0 amide bonds. The molecule has 0 saturated carbocycles. The lowest BCUT2D eigenvalue weighted by Crippen LogP contribution is -2.02. The molecule has 0 aliphatic heterocycles. The third-order valence-corrected chi connectivity index (χ3v) is 1.53. The molecule has 0 fully saturated rings. The maximum Gasteiger partial charge on any atom is 0.0459 e. The molecule has 2 heteroatoms. The van der Waals surface area contributed by atoms with Crippen LogP contribution in [0.15, 0.2) is 0 Å². The van der Waals surface area contributed by atoms with Crippen molar-refractivity contribution in [1.29, 1.82) is 0 Å². The van der Waals surface area contributed by atoms with Crippen LogP contribution in [-0.2, 0) is 0 Å². The van der Waals surface area contributed by atoms with Crippen molar-refractivity contribution in [1.82, 2.24) is 0 Å². The summed E-state index contributed by atoms with van der Waals surface area (Å²) in [6, 6.07) is 0. The zero-order valence-electron chi connectivity index (χ0n) is 7.30. The van der Waals surface area contributed by atoms with Crippen molar-refractivity contribution in [3.63, 3.8) is 0 Å². The summed E-state index contributed by atoms with van der Waals surface area (Å²) in [5.41, 5.74) is 0. The van der Waals surface area contributed by atoms with Crippen molar-refractivity contribution in [2.45, 2.75) is 33.1 Å². The quantitative estimate of drug-likeness (QED) is 0.633. The first-order chi connectivity index (χ1) is 4.85. The first-order valence-corrected chi connectivity index (χ1v) is 3.90. The maximum absolute atomic E-state index is 8.66. The fraction of sp³-hybridized carbons (Fsp3) is 1.00. The normalized spacial score (nSPS) is 11.7. The molecule has 10 heavy (non-hydrogen) atoms. The zero-order chi connectivity index (χ0) is 8.41. The van der Waals surface area contributed by atoms with E-state index in [9.17, 15) is 0 Å². The highest BCUT2D eigenvalue weighted by Gasteiger charge is 2.00. The SMILES string of the molecule is CCCC(CC)CO.CO. The average Bonchev–Trinajstić information content (AvgIpc) is 2.04. The largest absolute Gasteiger partial charge is 0.400 e. The van der Waals surface area contributed by atoms with E-state index in [1.54, 1.807) is 0 Å². The van der Waals surface area contributed by atoms with Crippen LogP contribution in [0.1, 0.15) is 33.1 Å². The van der Waals surface area contributed by atoms with Crippen molar-refractivity contribution in [3.8, 4) is 0 Å². The standard InChI is InChI=1S/C7H16O.CH4O/c1-3-5-7(4-2)6-8;1-2/h7-8H,3-6H2,1-2H3;2H,1H3. The highest BCUT2D eigenvalue weighted by molar-refractivity contribution is 4.51. The summed E-state index contributed by atoms with van der Waals surface area (Å²) in [7, 11) is 1.00. The van der Waals surface area contributed by atoms with E-state index in [2.05, 4.69) is 13.8 Å². The highest BCUT2D eigenvalue weighted by Crippen LogP contribution is 2.08. The lowest BCUT2D eigenvalue weighted by atomic mass is 10.0. The minimum atomic E-state index is 0.365. The summed E-state index contributed by atoms with van der Waals surface area (Å²) >= 11 is 0. The van der Waals surface area contributed by atoms with Gasteiger partial charge < -0.3 is 10.2 Å². The molecule has 0 aliphatic rings. The molecular formula is C8H20O2. The van der Waals surface area contributed by atoms with Crippen molar-refractivity contribution in [2.75, 3.05) is 13.7 Å². The predicted octanol–water partition coefficient (Wildman–Crippen LogP) is 1.41. The third kappa shape index (κ3) is 7.92. The second-order valence-corrected chi connectivity index (χ2v) is 2.25. The lowest BCUT2D eigenvalue weighted by molar-refractivity contribution is 0.214. The first-order valence-electron chi connectivity index (χ1n) is 3.90. The summed E-state index contributed by atoms with van der Waals surface area (Å²) in [6.45, 7) is 4.64. The lowest BCUT2D eigenvalue weighted by Gasteiger charge is -2.07. The smallest absolute Gasteiger partial charge is 0.0459 e. The molecule has 0 radical (unpaired) electrons. The van der Waals surface area contributed by atoms with Gasteiger partial charge in [-0.1, -0.05) is 26.7 Å². The Morgan fingerprint density at radius 2 is 1.70 bits per heavy atom. The predicted molar refractivity (Wildman–Crippen MR) is 43.9 cm³/mol. The van der Waals surface area contributed by atoms with Gasteiger partial charge in [0.1, 0.15) is 0 Å². The zero-order valence-corrected chi connectivity index (χ0v) is 7.30. The number of hydrogen-bond acceptors (Lipinski definition) is 2. The van der Waals surface area contributed by atoms with E-state index in [1.807, 2.05) is 0 Å². The van der Waals surface area contributed by atoms with Gasteiger partial charge in [-0.25, -0.2) is 0 Å². The molecule has 0 bridgehead atoms. The molecule has 2 nitrogen and oxygen atoms in total. The van der Waals surface area contributed by atoms with Crippen LogP contribution in [0.2, 0.25) is 0 Å². The second-order valence-electron chi connectivity index (χ2n) is 2.25. The fourth-order valence-corrected chi connectivity index (χ4v) is 0.833. The first kappa shape index (κ1) is 12.6. The minimum absolute atomic E-state index is 0.365. The van der Waals surface area contributed by atoms with E-state index < -0.39 is 0 Å². The summed E-state index contributed by atoms with van der Waals surface area (Å²) in [6.07, 6.45) is 3.48. The molecule has 0 aliphatic carbocycles. The summed E-state index contributed by atoms with van der Waals surface area (Å²) in [5, 5.41) is 15.7. The van der Waals surface area contributed by atoms with Gasteiger partial charge in [0.05, 0.1) is 0 Å². The summed E-state index contributed by atoms with van der Waals surface area (Å²) in [4.78, 5) is 0. The second kappa shape index (κ2) is 11.7. The Morgan fingerprint density at radius 3 is 1.80 bits per heavy atom. The van der Waals surface area contributed by atoms with Crippen molar-refractivity contribution < 1.29 is 10.2 Å². The Kier molecular flexibility index (Phi) is 14.7. The Bertz CT molecular complexity index is 42.5. The van der Waals surface area contributed by atoms with Gasteiger partial charge in [-0.15, -0.1) is 0 Å². The van der Waals surface area contributed by atoms with Crippen LogP contribution in [0.4, 0.5) is 0 Å². The summed E-state index contributed by atoms with van der Waals surface area (Å²) < 4.78 is 0. The van der Waals surface area contributed by atoms with E-state index in [0.29, 0.717) is 12.5 Å². The number of hydrogen-bond donors (Lipinski definition) is 2. The van der Waals surface area contributed by atoms with E-state index >= 15 is 0 Å². The Balaban J connectivity index is 0. The van der Waals surface area contributed by atoms with Gasteiger partial charge in [0.25, 0.3) is 0 Å². The maximum atomic E-state index is 8.66. The third-order valence-electron chi connectivity index (χ3n) is 1.53. The van der Waals surface area contributed by atoms with Crippen molar-refractivity contribution in [3.05, 3.63) is 0 Å². The fourth-order valence-electron chi connectivity index (χ4n) is 0.833. The molecule has 0 spiro atoms. The van der Waals surface area contributed by atoms with Gasteiger partial charge in [-0.3, -0.25) is 0 Å². The van der Waals surface area contributed by atoms with Crippen LogP contribution in [0.3, 0.4) is 0 Å². The van der Waals surface area contributed by atoms with Gasteiger partial charge in [0, 0.05) is 13.7 Å². The molecule has 1 unspecified atom stereocenters. The van der Waals surface area contributed by atoms with Crippen LogP contribution in [0.25, 0.3) is 0 Å². The van der Waals surface area contributed by atoms with Gasteiger partial charge >= 0.3 is 0 Å². The van der Waals surface area contributed by atoms with E-state index in [1.165, 1.54) is 12.8 Å². The topological polar surface area (TPSA) is 40.5 Å². The molecule has 0 aromatic heterocycles. The summed E-state index contributed by atoms with van der Waals surface area (Å²) in [5.74, 6) is 0.556. The van der Waals surface area contributed by atoms with Gasteiger partial charge in [0.2, 0.25) is 0 Å². The Hall–Kier alpha value is -0.0800. The van der Waals surface area contributed by atoms with E-state index in [4.69, 9.17) is 10.2 Å². The van der Waals surface area contributed by atoms with Crippen molar-refractivity contribution >= 4 is 0 Å². The molecule has 0 rings (SSSR count). The molecule has 64 valence electrons. The van der Waals surface area contributed by atoms with E-state index in [-0.39, 0.29) is 0 Å². The van der Waals surface area contributed by atoms with Crippen molar-refractivity contribution in [2.24, 2.45) is 5.92 Å². The van der Waals surface area contributed by atoms with Crippen LogP contribution in [0, 0.1) is 5.92 Å². The van der Waals surface area contributed by atoms with Crippen LogP contribution < -0.4 is 0 Å². The molecule has 0 saturated heterocycles. The average molecular weight is 148 g/mol. The molecule has 0 aromatic carbocycles. The van der Waals surface area contributed by atoms with Crippen LogP contribution >= 0.6 is 0 Å². The number of aliphatic hydroxyl groups is 2. The van der Waals surface area contributed by atoms with Gasteiger partial charge in [0.15, 0.2) is 0 Å². The molecule has 2 N–H and O–H groups in total. The van der Waals surface area contributed by atoms with Crippen LogP contribution in [-0.4, -0.2) is 23.9 Å². The number of rotatable bonds is 4.